The van der Waals surface area contributed by atoms with E-state index in [1.165, 1.54) is 5.56 Å². The number of hydrogen-bond acceptors (Lipinski definition) is 3. The third kappa shape index (κ3) is 3.47. The van der Waals surface area contributed by atoms with E-state index < -0.39 is 0 Å². The summed E-state index contributed by atoms with van der Waals surface area (Å²) in [7, 11) is 1.84. The number of aromatic nitrogens is 1. The van der Waals surface area contributed by atoms with Crippen LogP contribution in [0.25, 0.3) is 0 Å². The quantitative estimate of drug-likeness (QED) is 0.893. The summed E-state index contributed by atoms with van der Waals surface area (Å²) in [5, 5.41) is 2.99. The van der Waals surface area contributed by atoms with E-state index in [0.717, 1.165) is 17.3 Å². The van der Waals surface area contributed by atoms with Crippen molar-refractivity contribution in [3.8, 4) is 11.5 Å². The van der Waals surface area contributed by atoms with E-state index in [1.54, 1.807) is 6.20 Å². The normalized spacial score (nSPS) is 11.2. The fourth-order valence-electron chi connectivity index (χ4n) is 1.77. The molecule has 0 amide bonds. The van der Waals surface area contributed by atoms with E-state index in [4.69, 9.17) is 4.74 Å². The van der Waals surface area contributed by atoms with Gasteiger partial charge in [0.1, 0.15) is 17.3 Å². The maximum absolute atomic E-state index is 5.81. The average Bonchev–Trinajstić information content (AvgIpc) is 2.38. The zero-order valence-corrected chi connectivity index (χ0v) is 11.9. The molecular weight excluding hydrogens is 236 g/mol. The van der Waals surface area contributed by atoms with E-state index in [9.17, 15) is 0 Å². The summed E-state index contributed by atoms with van der Waals surface area (Å²) in [6, 6.07) is 11.9. The highest BCUT2D eigenvalue weighted by Crippen LogP contribution is 2.27. The fraction of sp³-hybridized carbons (Fsp3) is 0.312. The highest BCUT2D eigenvalue weighted by molar-refractivity contribution is 5.42. The zero-order valence-electron chi connectivity index (χ0n) is 11.9. The van der Waals surface area contributed by atoms with Gasteiger partial charge in [-0.1, -0.05) is 32.9 Å². The molecule has 0 aliphatic heterocycles. The van der Waals surface area contributed by atoms with Crippen LogP contribution in [0.2, 0.25) is 0 Å². The molecule has 1 aromatic carbocycles. The van der Waals surface area contributed by atoms with Gasteiger partial charge in [-0.2, -0.15) is 0 Å². The van der Waals surface area contributed by atoms with Gasteiger partial charge in [0.05, 0.1) is 0 Å². The van der Waals surface area contributed by atoms with Crippen LogP contribution in [0, 0.1) is 0 Å². The van der Waals surface area contributed by atoms with Crippen molar-refractivity contribution < 1.29 is 4.74 Å². The summed E-state index contributed by atoms with van der Waals surface area (Å²) in [6.45, 7) is 6.60. The Morgan fingerprint density at radius 1 is 1.00 bits per heavy atom. The number of rotatable bonds is 3. The van der Waals surface area contributed by atoms with Crippen molar-refractivity contribution in [1.29, 1.82) is 0 Å². The number of pyridine rings is 1. The van der Waals surface area contributed by atoms with Crippen molar-refractivity contribution >= 4 is 5.82 Å². The Hall–Kier alpha value is -2.03. The van der Waals surface area contributed by atoms with Gasteiger partial charge in [0.2, 0.25) is 0 Å². The molecule has 19 heavy (non-hydrogen) atoms. The first-order chi connectivity index (χ1) is 8.99. The first kappa shape index (κ1) is 13.4. The molecule has 3 nitrogen and oxygen atoms in total. The third-order valence-electron chi connectivity index (χ3n) is 2.94. The van der Waals surface area contributed by atoms with Gasteiger partial charge in [-0.05, 0) is 29.2 Å². The molecule has 1 N–H and O–H groups in total. The minimum atomic E-state index is 0.161. The monoisotopic (exact) mass is 256 g/mol. The van der Waals surface area contributed by atoms with Crippen molar-refractivity contribution in [2.75, 3.05) is 12.4 Å². The molecule has 1 aromatic heterocycles. The van der Waals surface area contributed by atoms with Crippen LogP contribution in [-0.2, 0) is 5.41 Å². The molecule has 0 aliphatic rings. The van der Waals surface area contributed by atoms with E-state index >= 15 is 0 Å². The smallest absolute Gasteiger partial charge is 0.132 e. The van der Waals surface area contributed by atoms with Gasteiger partial charge in [0, 0.05) is 19.3 Å². The topological polar surface area (TPSA) is 34.1 Å². The van der Waals surface area contributed by atoms with Crippen LogP contribution in [0.4, 0.5) is 5.82 Å². The summed E-state index contributed by atoms with van der Waals surface area (Å²) < 4.78 is 5.81. The molecule has 100 valence electrons. The fourth-order valence-corrected chi connectivity index (χ4v) is 1.77. The highest BCUT2D eigenvalue weighted by Gasteiger charge is 2.13. The Balaban J connectivity index is 2.15. The molecule has 2 rings (SSSR count). The van der Waals surface area contributed by atoms with Crippen LogP contribution in [0.15, 0.2) is 42.6 Å². The maximum atomic E-state index is 5.81. The Bertz CT molecular complexity index is 541. The van der Waals surface area contributed by atoms with Gasteiger partial charge in [-0.3, -0.25) is 0 Å². The van der Waals surface area contributed by atoms with Crippen molar-refractivity contribution in [2.45, 2.75) is 26.2 Å². The van der Waals surface area contributed by atoms with Crippen molar-refractivity contribution in [1.82, 2.24) is 4.98 Å². The molecule has 0 saturated heterocycles. The number of hydrogen-bond donors (Lipinski definition) is 1. The largest absolute Gasteiger partial charge is 0.457 e. The van der Waals surface area contributed by atoms with E-state index in [2.05, 4.69) is 43.2 Å². The van der Waals surface area contributed by atoms with Gasteiger partial charge in [-0.15, -0.1) is 0 Å². The van der Waals surface area contributed by atoms with Gasteiger partial charge in [-0.25, -0.2) is 4.98 Å². The second-order valence-corrected chi connectivity index (χ2v) is 5.50. The number of nitrogens with one attached hydrogen (secondary N) is 1. The number of benzene rings is 1. The standard InChI is InChI=1S/C16H20N2O/c1-16(2,3)12-5-7-13(8-6-12)19-14-9-10-18-15(11-14)17-4/h5-11H,1-4H3,(H,17,18). The van der Waals surface area contributed by atoms with Crippen LogP contribution in [0.1, 0.15) is 26.3 Å². The second-order valence-electron chi connectivity index (χ2n) is 5.50. The summed E-state index contributed by atoms with van der Waals surface area (Å²) in [4.78, 5) is 4.15. The molecule has 0 atom stereocenters. The Morgan fingerprint density at radius 3 is 2.26 bits per heavy atom. The summed E-state index contributed by atoms with van der Waals surface area (Å²) in [5.74, 6) is 2.41. The van der Waals surface area contributed by atoms with E-state index in [1.807, 2.05) is 31.3 Å². The lowest BCUT2D eigenvalue weighted by atomic mass is 9.87. The minimum absolute atomic E-state index is 0.161. The van der Waals surface area contributed by atoms with Gasteiger partial charge < -0.3 is 10.1 Å². The number of anilines is 1. The third-order valence-corrected chi connectivity index (χ3v) is 2.94. The van der Waals surface area contributed by atoms with Crippen LogP contribution < -0.4 is 10.1 Å². The van der Waals surface area contributed by atoms with Crippen LogP contribution >= 0.6 is 0 Å². The molecule has 0 unspecified atom stereocenters. The molecule has 0 fully saturated rings. The van der Waals surface area contributed by atoms with Crippen LogP contribution in [0.3, 0.4) is 0 Å². The number of nitrogens with zero attached hydrogens (tertiary/aromatic N) is 1. The molecule has 0 saturated carbocycles. The lowest BCUT2D eigenvalue weighted by molar-refractivity contribution is 0.481. The average molecular weight is 256 g/mol. The summed E-state index contributed by atoms with van der Waals surface area (Å²) >= 11 is 0. The SMILES string of the molecule is CNc1cc(Oc2ccc(C(C)(C)C)cc2)ccn1. The lowest BCUT2D eigenvalue weighted by Crippen LogP contribution is -2.10. The van der Waals surface area contributed by atoms with Gasteiger partial charge in [0.15, 0.2) is 0 Å². The lowest BCUT2D eigenvalue weighted by Gasteiger charge is -2.19. The molecule has 0 aliphatic carbocycles. The van der Waals surface area contributed by atoms with E-state index in [-0.39, 0.29) is 5.41 Å². The Kier molecular flexibility index (Phi) is 3.74. The molecule has 0 spiro atoms. The van der Waals surface area contributed by atoms with Crippen molar-refractivity contribution in [3.63, 3.8) is 0 Å². The first-order valence-electron chi connectivity index (χ1n) is 6.41. The molecular formula is C16H20N2O. The van der Waals surface area contributed by atoms with Gasteiger partial charge >= 0.3 is 0 Å². The Morgan fingerprint density at radius 2 is 1.68 bits per heavy atom. The maximum Gasteiger partial charge on any atom is 0.132 e. The molecule has 2 aromatic rings. The molecule has 0 bridgehead atoms. The zero-order chi connectivity index (χ0) is 13.9. The van der Waals surface area contributed by atoms with Crippen LogP contribution in [-0.4, -0.2) is 12.0 Å². The van der Waals surface area contributed by atoms with Gasteiger partial charge in [0.25, 0.3) is 0 Å². The predicted octanol–water partition coefficient (Wildman–Crippen LogP) is 4.21. The highest BCUT2D eigenvalue weighted by atomic mass is 16.5. The van der Waals surface area contributed by atoms with Crippen LogP contribution in [0.5, 0.6) is 11.5 Å². The molecule has 0 radical (unpaired) electrons. The van der Waals surface area contributed by atoms with Crippen molar-refractivity contribution in [3.05, 3.63) is 48.2 Å². The van der Waals surface area contributed by atoms with E-state index in [0.29, 0.717) is 0 Å². The molecule has 1 heterocycles. The first-order valence-corrected chi connectivity index (χ1v) is 6.41. The Labute approximate surface area is 114 Å². The second kappa shape index (κ2) is 5.31. The predicted molar refractivity (Wildman–Crippen MR) is 79.0 cm³/mol. The number of ether oxygens (including phenoxy) is 1. The molecule has 3 heteroatoms. The summed E-state index contributed by atoms with van der Waals surface area (Å²) in [5.41, 5.74) is 1.46. The van der Waals surface area contributed by atoms with Crippen molar-refractivity contribution in [2.24, 2.45) is 0 Å². The summed E-state index contributed by atoms with van der Waals surface area (Å²) in [6.07, 6.45) is 1.73. The minimum Gasteiger partial charge on any atom is -0.457 e.